The third-order valence-corrected chi connectivity index (χ3v) is 5.71. The Morgan fingerprint density at radius 2 is 1.80 bits per heavy atom. The standard InChI is InChI=1S/C22H29N7O/c1-21(2)8-14(9-22(3,4)29-21)19(23)20-24-12-17(27-28-20)16-6-5-13(7-18(16)30)15-10-25-26-11-15/h5-7,10-12,14,19,29-30H,8-9,23H2,1-4H3,(H,25,26). The van der Waals surface area contributed by atoms with E-state index in [1.807, 2.05) is 6.07 Å². The second-order valence-corrected chi connectivity index (χ2v) is 9.51. The Labute approximate surface area is 176 Å². The van der Waals surface area contributed by atoms with Gasteiger partial charge in [-0.25, -0.2) is 4.98 Å². The summed E-state index contributed by atoms with van der Waals surface area (Å²) in [5.41, 5.74) is 9.40. The third kappa shape index (κ3) is 4.20. The van der Waals surface area contributed by atoms with Crippen LogP contribution in [0.2, 0.25) is 0 Å². The van der Waals surface area contributed by atoms with Crippen molar-refractivity contribution < 1.29 is 5.11 Å². The van der Waals surface area contributed by atoms with Gasteiger partial charge >= 0.3 is 0 Å². The molecule has 30 heavy (non-hydrogen) atoms. The van der Waals surface area contributed by atoms with Crippen molar-refractivity contribution in [3.8, 4) is 28.1 Å². The lowest BCUT2D eigenvalue weighted by Crippen LogP contribution is -2.59. The van der Waals surface area contributed by atoms with E-state index in [-0.39, 0.29) is 28.8 Å². The van der Waals surface area contributed by atoms with Crippen LogP contribution in [0.4, 0.5) is 0 Å². The third-order valence-electron chi connectivity index (χ3n) is 5.71. The van der Waals surface area contributed by atoms with Gasteiger partial charge < -0.3 is 16.2 Å². The fourth-order valence-corrected chi connectivity index (χ4v) is 4.76. The van der Waals surface area contributed by atoms with E-state index in [1.165, 1.54) is 0 Å². The van der Waals surface area contributed by atoms with Gasteiger partial charge in [0.1, 0.15) is 11.4 Å². The van der Waals surface area contributed by atoms with Crippen LogP contribution >= 0.6 is 0 Å². The molecule has 1 aliphatic rings. The Morgan fingerprint density at radius 1 is 1.07 bits per heavy atom. The molecular weight excluding hydrogens is 378 g/mol. The molecule has 1 aliphatic heterocycles. The van der Waals surface area contributed by atoms with Crippen molar-refractivity contribution in [2.45, 2.75) is 57.7 Å². The molecule has 1 atom stereocenters. The number of aromatic nitrogens is 5. The van der Waals surface area contributed by atoms with Crippen LogP contribution in [0, 0.1) is 5.92 Å². The molecule has 8 nitrogen and oxygen atoms in total. The molecule has 0 amide bonds. The summed E-state index contributed by atoms with van der Waals surface area (Å²) in [7, 11) is 0. The number of rotatable bonds is 4. The van der Waals surface area contributed by atoms with Crippen LogP contribution in [0.3, 0.4) is 0 Å². The highest BCUT2D eigenvalue weighted by molar-refractivity contribution is 5.73. The molecule has 1 aromatic carbocycles. The zero-order chi connectivity index (χ0) is 21.5. The number of H-pyrrole nitrogens is 1. The van der Waals surface area contributed by atoms with E-state index in [9.17, 15) is 5.11 Å². The predicted octanol–water partition coefficient (Wildman–Crippen LogP) is 3.19. The van der Waals surface area contributed by atoms with E-state index in [1.54, 1.807) is 30.7 Å². The Balaban J connectivity index is 1.54. The summed E-state index contributed by atoms with van der Waals surface area (Å²) in [6.07, 6.45) is 6.99. The normalized spacial score (nSPS) is 19.5. The Kier molecular flexibility index (Phi) is 5.07. The van der Waals surface area contributed by atoms with Crippen molar-refractivity contribution in [2.75, 3.05) is 0 Å². The van der Waals surface area contributed by atoms with Gasteiger partial charge in [0.05, 0.1) is 18.4 Å². The number of hydrogen-bond donors (Lipinski definition) is 4. The number of hydrogen-bond acceptors (Lipinski definition) is 7. The molecule has 4 rings (SSSR count). The van der Waals surface area contributed by atoms with Crippen LogP contribution in [0.15, 0.2) is 36.8 Å². The summed E-state index contributed by atoms with van der Waals surface area (Å²) >= 11 is 0. The van der Waals surface area contributed by atoms with Gasteiger partial charge in [-0.15, -0.1) is 10.2 Å². The molecule has 5 N–H and O–H groups in total. The maximum Gasteiger partial charge on any atom is 0.168 e. The van der Waals surface area contributed by atoms with Crippen LogP contribution in [0.25, 0.3) is 22.4 Å². The van der Waals surface area contributed by atoms with Crippen molar-refractivity contribution in [3.63, 3.8) is 0 Å². The lowest BCUT2D eigenvalue weighted by Gasteiger charge is -2.47. The van der Waals surface area contributed by atoms with E-state index in [0.717, 1.165) is 24.0 Å². The first-order valence-corrected chi connectivity index (χ1v) is 10.2. The summed E-state index contributed by atoms with van der Waals surface area (Å²) in [5, 5.41) is 29.5. The Hall–Kier alpha value is -2.84. The Morgan fingerprint density at radius 3 is 2.37 bits per heavy atom. The summed E-state index contributed by atoms with van der Waals surface area (Å²) in [4.78, 5) is 4.49. The zero-order valence-corrected chi connectivity index (χ0v) is 17.8. The highest BCUT2D eigenvalue weighted by Gasteiger charge is 2.40. The van der Waals surface area contributed by atoms with Gasteiger partial charge in [0.15, 0.2) is 5.82 Å². The number of nitrogens with one attached hydrogen (secondary N) is 2. The zero-order valence-electron chi connectivity index (χ0n) is 17.8. The van der Waals surface area contributed by atoms with Gasteiger partial charge in [-0.3, -0.25) is 5.10 Å². The molecule has 3 aromatic rings. The first-order valence-electron chi connectivity index (χ1n) is 10.2. The minimum atomic E-state index is -0.288. The summed E-state index contributed by atoms with van der Waals surface area (Å²) in [5.74, 6) is 0.905. The van der Waals surface area contributed by atoms with Crippen LogP contribution in [-0.4, -0.2) is 41.6 Å². The molecule has 0 aliphatic carbocycles. The van der Waals surface area contributed by atoms with Crippen molar-refractivity contribution in [1.29, 1.82) is 0 Å². The van der Waals surface area contributed by atoms with Gasteiger partial charge in [0.25, 0.3) is 0 Å². The number of phenolic OH excluding ortho intramolecular Hbond substituents is 1. The molecule has 1 fully saturated rings. The van der Waals surface area contributed by atoms with Crippen molar-refractivity contribution >= 4 is 0 Å². The molecule has 8 heteroatoms. The fraction of sp³-hybridized carbons (Fsp3) is 0.455. The molecule has 0 saturated carbocycles. The van der Waals surface area contributed by atoms with E-state index >= 15 is 0 Å². The number of aromatic amines is 1. The average Bonchev–Trinajstić information content (AvgIpc) is 3.20. The molecule has 1 unspecified atom stereocenters. The predicted molar refractivity (Wildman–Crippen MR) is 115 cm³/mol. The summed E-state index contributed by atoms with van der Waals surface area (Å²) in [6.45, 7) is 8.80. The van der Waals surface area contributed by atoms with E-state index in [4.69, 9.17) is 5.73 Å². The van der Waals surface area contributed by atoms with Crippen molar-refractivity contribution in [3.05, 3.63) is 42.6 Å². The van der Waals surface area contributed by atoms with Crippen molar-refractivity contribution in [2.24, 2.45) is 11.7 Å². The highest BCUT2D eigenvalue weighted by Crippen LogP contribution is 2.38. The van der Waals surface area contributed by atoms with E-state index < -0.39 is 0 Å². The summed E-state index contributed by atoms with van der Waals surface area (Å²) in [6, 6.07) is 5.10. The van der Waals surface area contributed by atoms with E-state index in [2.05, 4.69) is 58.4 Å². The number of phenols is 1. The number of nitrogens with zero attached hydrogens (tertiary/aromatic N) is 4. The summed E-state index contributed by atoms with van der Waals surface area (Å²) < 4.78 is 0. The SMILES string of the molecule is CC1(C)CC(C(N)c2ncc(-c3ccc(-c4cn[nH]c4)cc3O)nn2)CC(C)(C)N1. The topological polar surface area (TPSA) is 126 Å². The minimum Gasteiger partial charge on any atom is -0.507 e. The fourth-order valence-electron chi connectivity index (χ4n) is 4.76. The molecule has 158 valence electrons. The van der Waals surface area contributed by atoms with Crippen LogP contribution in [0.5, 0.6) is 5.75 Å². The highest BCUT2D eigenvalue weighted by atomic mass is 16.3. The van der Waals surface area contributed by atoms with Gasteiger partial charge in [0.2, 0.25) is 0 Å². The van der Waals surface area contributed by atoms with Gasteiger partial charge in [0, 0.05) is 28.4 Å². The molecule has 1 saturated heterocycles. The maximum atomic E-state index is 10.5. The van der Waals surface area contributed by atoms with Gasteiger partial charge in [-0.2, -0.15) is 5.10 Å². The quantitative estimate of drug-likeness (QED) is 0.523. The minimum absolute atomic E-state index is 0.0000713. The van der Waals surface area contributed by atoms with Crippen LogP contribution < -0.4 is 11.1 Å². The number of benzene rings is 1. The first kappa shape index (κ1) is 20.4. The second kappa shape index (κ2) is 7.45. The molecular formula is C22H29N7O. The maximum absolute atomic E-state index is 10.5. The smallest absolute Gasteiger partial charge is 0.168 e. The lowest BCUT2D eigenvalue weighted by atomic mass is 9.73. The number of aromatic hydroxyl groups is 1. The molecule has 0 spiro atoms. The molecule has 2 aromatic heterocycles. The van der Waals surface area contributed by atoms with Crippen LogP contribution in [-0.2, 0) is 0 Å². The Bertz CT molecular complexity index is 996. The van der Waals surface area contributed by atoms with E-state index in [0.29, 0.717) is 17.1 Å². The average molecular weight is 408 g/mol. The first-order chi connectivity index (χ1) is 14.1. The second-order valence-electron chi connectivity index (χ2n) is 9.51. The van der Waals surface area contributed by atoms with Gasteiger partial charge in [-0.1, -0.05) is 6.07 Å². The van der Waals surface area contributed by atoms with Crippen LogP contribution in [0.1, 0.15) is 52.4 Å². The number of piperidine rings is 1. The molecule has 0 bridgehead atoms. The molecule has 0 radical (unpaired) electrons. The van der Waals surface area contributed by atoms with Gasteiger partial charge in [-0.05, 0) is 64.2 Å². The lowest BCUT2D eigenvalue weighted by molar-refractivity contribution is 0.111. The molecule has 3 heterocycles. The monoisotopic (exact) mass is 407 g/mol. The number of nitrogens with two attached hydrogens (primary N) is 1. The largest absolute Gasteiger partial charge is 0.507 e. The van der Waals surface area contributed by atoms with Crippen molar-refractivity contribution in [1.82, 2.24) is 30.7 Å².